The van der Waals surface area contributed by atoms with E-state index in [0.29, 0.717) is 0 Å². The molecule has 29 heavy (non-hydrogen) atoms. The fourth-order valence-electron chi connectivity index (χ4n) is 4.07. The Bertz CT molecular complexity index is 759. The van der Waals surface area contributed by atoms with Gasteiger partial charge in [-0.2, -0.15) is 5.10 Å². The average Bonchev–Trinajstić information content (AvgIpc) is 3.14. The minimum Gasteiger partial charge on any atom is -0.357 e. The molecule has 1 aliphatic rings. The number of hydrogen-bond acceptors (Lipinski definition) is 3. The average molecular weight is 397 g/mol. The molecule has 1 aromatic carbocycles. The van der Waals surface area contributed by atoms with Gasteiger partial charge in [-0.05, 0) is 51.8 Å². The predicted molar refractivity (Wildman–Crippen MR) is 120 cm³/mol. The van der Waals surface area contributed by atoms with Gasteiger partial charge in [0.25, 0.3) is 0 Å². The molecule has 0 amide bonds. The first kappa shape index (κ1) is 21.4. The number of aromatic nitrogens is 2. The third-order valence-corrected chi connectivity index (χ3v) is 5.76. The smallest absolute Gasteiger partial charge is 0.193 e. The molecule has 6 nitrogen and oxygen atoms in total. The van der Waals surface area contributed by atoms with Crippen molar-refractivity contribution in [2.45, 2.75) is 32.2 Å². The van der Waals surface area contributed by atoms with Crippen molar-refractivity contribution in [2.75, 3.05) is 40.3 Å². The van der Waals surface area contributed by atoms with Gasteiger partial charge in [-0.15, -0.1) is 0 Å². The van der Waals surface area contributed by atoms with Crippen molar-refractivity contribution in [3.63, 3.8) is 0 Å². The molecule has 0 bridgehead atoms. The van der Waals surface area contributed by atoms with Crippen molar-refractivity contribution in [1.82, 2.24) is 24.9 Å². The molecule has 0 spiro atoms. The van der Waals surface area contributed by atoms with E-state index in [1.807, 2.05) is 17.9 Å². The third-order valence-electron chi connectivity index (χ3n) is 5.76. The minimum atomic E-state index is 0.230. The van der Waals surface area contributed by atoms with E-state index < -0.39 is 0 Å². The second-order valence-electron chi connectivity index (χ2n) is 8.24. The highest BCUT2D eigenvalue weighted by molar-refractivity contribution is 5.80. The van der Waals surface area contributed by atoms with Crippen LogP contribution >= 0.6 is 0 Å². The Morgan fingerprint density at radius 2 is 1.97 bits per heavy atom. The van der Waals surface area contributed by atoms with Crippen molar-refractivity contribution in [3.05, 3.63) is 53.9 Å². The molecule has 1 unspecified atom stereocenters. The van der Waals surface area contributed by atoms with E-state index in [1.54, 1.807) is 0 Å². The van der Waals surface area contributed by atoms with Gasteiger partial charge in [0.1, 0.15) is 0 Å². The summed E-state index contributed by atoms with van der Waals surface area (Å²) in [6, 6.07) is 11.1. The molecule has 1 aromatic heterocycles. The highest BCUT2D eigenvalue weighted by Gasteiger charge is 2.22. The summed E-state index contributed by atoms with van der Waals surface area (Å²) in [6.45, 7) is 5.90. The maximum atomic E-state index is 5.01. The van der Waals surface area contributed by atoms with Crippen molar-refractivity contribution in [2.24, 2.45) is 18.0 Å². The molecule has 1 atom stereocenters. The van der Waals surface area contributed by atoms with Crippen LogP contribution in [0.15, 0.2) is 47.7 Å². The number of aliphatic imine (C=N–C) groups is 1. The minimum absolute atomic E-state index is 0.230. The monoisotopic (exact) mass is 396 g/mol. The summed E-state index contributed by atoms with van der Waals surface area (Å²) in [5.41, 5.74) is 2.66. The lowest BCUT2D eigenvalue weighted by Gasteiger charge is -2.34. The largest absolute Gasteiger partial charge is 0.357 e. The molecule has 158 valence electrons. The van der Waals surface area contributed by atoms with E-state index in [2.05, 4.69) is 77.8 Å². The molecule has 0 aliphatic carbocycles. The number of rotatable bonds is 7. The summed E-state index contributed by atoms with van der Waals surface area (Å²) in [4.78, 5) is 9.66. The third kappa shape index (κ3) is 6.07. The van der Waals surface area contributed by atoms with Crippen LogP contribution in [0.4, 0.5) is 0 Å². The van der Waals surface area contributed by atoms with E-state index in [1.165, 1.54) is 30.4 Å². The SMILES string of the molecule is CCNC(=NCC(c1cnn(C)c1)N(C)C)N1CCC(Cc2ccccc2)CC1. The number of nitrogens with zero attached hydrogens (tertiary/aromatic N) is 5. The molecular weight excluding hydrogens is 360 g/mol. The Morgan fingerprint density at radius 3 is 2.55 bits per heavy atom. The Balaban J connectivity index is 1.60. The van der Waals surface area contributed by atoms with Crippen molar-refractivity contribution >= 4 is 5.96 Å². The zero-order valence-corrected chi connectivity index (χ0v) is 18.4. The molecule has 0 saturated carbocycles. The summed E-state index contributed by atoms with van der Waals surface area (Å²) in [6.07, 6.45) is 7.66. The Labute approximate surface area is 175 Å². The maximum absolute atomic E-state index is 5.01. The number of hydrogen-bond donors (Lipinski definition) is 1. The summed E-state index contributed by atoms with van der Waals surface area (Å²) in [7, 11) is 6.17. The fraction of sp³-hybridized carbons (Fsp3) is 0.565. The van der Waals surface area contributed by atoms with Crippen LogP contribution in [0.2, 0.25) is 0 Å². The summed E-state index contributed by atoms with van der Waals surface area (Å²) < 4.78 is 1.86. The van der Waals surface area contributed by atoms with Crippen molar-refractivity contribution in [3.8, 4) is 0 Å². The van der Waals surface area contributed by atoms with Crippen LogP contribution in [-0.4, -0.2) is 65.8 Å². The van der Waals surface area contributed by atoms with Gasteiger partial charge in [0.15, 0.2) is 5.96 Å². The van der Waals surface area contributed by atoms with Crippen LogP contribution in [0.3, 0.4) is 0 Å². The molecule has 1 N–H and O–H groups in total. The normalized spacial score (nSPS) is 17.0. The van der Waals surface area contributed by atoms with Gasteiger partial charge in [-0.1, -0.05) is 30.3 Å². The van der Waals surface area contributed by atoms with Crippen molar-refractivity contribution in [1.29, 1.82) is 0 Å². The Kier molecular flexibility index (Phi) is 7.69. The molecule has 0 radical (unpaired) electrons. The van der Waals surface area contributed by atoms with Crippen LogP contribution < -0.4 is 5.32 Å². The van der Waals surface area contributed by atoms with Crippen molar-refractivity contribution < 1.29 is 0 Å². The summed E-state index contributed by atoms with van der Waals surface area (Å²) in [5.74, 6) is 1.81. The molecule has 1 fully saturated rings. The lowest BCUT2D eigenvalue weighted by Crippen LogP contribution is -2.46. The van der Waals surface area contributed by atoms with Crippen LogP contribution in [0.25, 0.3) is 0 Å². The second-order valence-corrected chi connectivity index (χ2v) is 8.24. The van der Waals surface area contributed by atoms with E-state index >= 15 is 0 Å². The predicted octanol–water partition coefficient (Wildman–Crippen LogP) is 2.94. The standard InChI is InChI=1S/C23H36N6/c1-5-24-23(25-17-22(27(2)3)21-16-26-28(4)18-21)29-13-11-20(12-14-29)15-19-9-7-6-8-10-19/h6-10,16,18,20,22H,5,11-15,17H2,1-4H3,(H,24,25). The zero-order chi connectivity index (χ0) is 20.6. The van der Waals surface area contributed by atoms with Crippen LogP contribution in [-0.2, 0) is 13.5 Å². The van der Waals surface area contributed by atoms with Gasteiger partial charge < -0.3 is 15.1 Å². The topological polar surface area (TPSA) is 48.7 Å². The van der Waals surface area contributed by atoms with Crippen LogP contribution in [0.1, 0.15) is 36.9 Å². The van der Waals surface area contributed by atoms with E-state index in [0.717, 1.165) is 38.1 Å². The Morgan fingerprint density at radius 1 is 1.24 bits per heavy atom. The lowest BCUT2D eigenvalue weighted by atomic mass is 9.90. The zero-order valence-electron chi connectivity index (χ0n) is 18.4. The lowest BCUT2D eigenvalue weighted by molar-refractivity contribution is 0.257. The van der Waals surface area contributed by atoms with E-state index in [9.17, 15) is 0 Å². The number of aryl methyl sites for hydroxylation is 1. The number of likely N-dealkylation sites (tertiary alicyclic amines) is 1. The molecule has 1 aliphatic heterocycles. The first-order chi connectivity index (χ1) is 14.1. The van der Waals surface area contributed by atoms with Gasteiger partial charge in [-0.3, -0.25) is 9.67 Å². The van der Waals surface area contributed by atoms with Gasteiger partial charge in [0.05, 0.1) is 18.8 Å². The first-order valence-electron chi connectivity index (χ1n) is 10.8. The maximum Gasteiger partial charge on any atom is 0.193 e. The summed E-state index contributed by atoms with van der Waals surface area (Å²) in [5, 5.41) is 7.84. The van der Waals surface area contributed by atoms with Gasteiger partial charge in [0.2, 0.25) is 0 Å². The molecule has 1 saturated heterocycles. The molecule has 3 rings (SSSR count). The number of piperidine rings is 1. The first-order valence-corrected chi connectivity index (χ1v) is 10.8. The Hall–Kier alpha value is -2.34. The number of nitrogens with one attached hydrogen (secondary N) is 1. The van der Waals surface area contributed by atoms with Crippen LogP contribution in [0, 0.1) is 5.92 Å². The van der Waals surface area contributed by atoms with Crippen LogP contribution in [0.5, 0.6) is 0 Å². The molecule has 2 heterocycles. The molecular formula is C23H36N6. The number of benzene rings is 1. The second kappa shape index (κ2) is 10.4. The highest BCUT2D eigenvalue weighted by atomic mass is 15.3. The summed E-state index contributed by atoms with van der Waals surface area (Å²) >= 11 is 0. The van der Waals surface area contributed by atoms with Gasteiger partial charge in [-0.25, -0.2) is 0 Å². The highest BCUT2D eigenvalue weighted by Crippen LogP contribution is 2.22. The van der Waals surface area contributed by atoms with Gasteiger partial charge >= 0.3 is 0 Å². The van der Waals surface area contributed by atoms with E-state index in [4.69, 9.17) is 4.99 Å². The number of guanidine groups is 1. The fourth-order valence-corrected chi connectivity index (χ4v) is 4.07. The molecule has 6 heteroatoms. The van der Waals surface area contributed by atoms with E-state index in [-0.39, 0.29) is 6.04 Å². The molecule has 2 aromatic rings. The number of likely N-dealkylation sites (N-methyl/N-ethyl adjacent to an activating group) is 1. The quantitative estimate of drug-likeness (QED) is 0.577. The van der Waals surface area contributed by atoms with Gasteiger partial charge in [0, 0.05) is 38.4 Å².